The Morgan fingerprint density at radius 2 is 2.06 bits per heavy atom. The van der Waals surface area contributed by atoms with Gasteiger partial charge in [-0.3, -0.25) is 9.59 Å². The number of carbonyl (C=O) groups excluding carboxylic acids is 1. The van der Waals surface area contributed by atoms with Crippen LogP contribution in [-0.4, -0.2) is 17.0 Å². The summed E-state index contributed by atoms with van der Waals surface area (Å²) in [5, 5.41) is 11.4. The summed E-state index contributed by atoms with van der Waals surface area (Å²) in [5.74, 6) is -2.11. The van der Waals surface area contributed by atoms with Crippen molar-refractivity contribution >= 4 is 33.5 Å². The highest BCUT2D eigenvalue weighted by Crippen LogP contribution is 2.46. The number of hydrogen-bond donors (Lipinski definition) is 2. The molecule has 6 heteroatoms. The van der Waals surface area contributed by atoms with Crippen LogP contribution in [0, 0.1) is 11.2 Å². The summed E-state index contributed by atoms with van der Waals surface area (Å²) in [4.78, 5) is 22.6. The first-order valence-electron chi connectivity index (χ1n) is 4.95. The molecule has 1 aromatic carbocycles. The quantitative estimate of drug-likeness (QED) is 0.843. The van der Waals surface area contributed by atoms with Crippen LogP contribution in [0.15, 0.2) is 22.7 Å². The Kier molecular flexibility index (Phi) is 2.91. The maximum absolute atomic E-state index is 13.0. The third kappa shape index (κ3) is 2.17. The Morgan fingerprint density at radius 3 is 2.53 bits per heavy atom. The van der Waals surface area contributed by atoms with Crippen LogP contribution in [-0.2, 0) is 9.59 Å². The van der Waals surface area contributed by atoms with Crippen molar-refractivity contribution in [2.24, 2.45) is 5.41 Å². The van der Waals surface area contributed by atoms with Crippen LogP contribution in [0.5, 0.6) is 0 Å². The van der Waals surface area contributed by atoms with Gasteiger partial charge in [0.15, 0.2) is 0 Å². The van der Waals surface area contributed by atoms with Crippen LogP contribution in [0.25, 0.3) is 0 Å². The van der Waals surface area contributed by atoms with E-state index < -0.39 is 23.1 Å². The first-order valence-corrected chi connectivity index (χ1v) is 5.75. The third-order valence-corrected chi connectivity index (χ3v) is 3.38. The highest BCUT2D eigenvalue weighted by Gasteiger charge is 2.57. The molecule has 1 aliphatic rings. The number of halogens is 2. The second-order valence-electron chi connectivity index (χ2n) is 3.97. The molecule has 2 rings (SSSR count). The standard InChI is InChI=1S/C11H9BrFNO3/c12-7-5-6(1-2-8(7)13)14-9(15)11(3-4-11)10(16)17/h1-2,5H,3-4H2,(H,14,15)(H,16,17). The number of carbonyl (C=O) groups is 2. The van der Waals surface area contributed by atoms with E-state index in [1.165, 1.54) is 18.2 Å². The number of amides is 1. The Morgan fingerprint density at radius 1 is 1.41 bits per heavy atom. The van der Waals surface area contributed by atoms with E-state index >= 15 is 0 Å². The van der Waals surface area contributed by atoms with Gasteiger partial charge in [-0.05, 0) is 47.0 Å². The molecule has 2 N–H and O–H groups in total. The van der Waals surface area contributed by atoms with Crippen LogP contribution >= 0.6 is 15.9 Å². The van der Waals surface area contributed by atoms with Crippen LogP contribution in [0.2, 0.25) is 0 Å². The van der Waals surface area contributed by atoms with Gasteiger partial charge in [-0.1, -0.05) is 0 Å². The molecule has 0 saturated heterocycles. The van der Waals surface area contributed by atoms with Crippen molar-refractivity contribution in [1.29, 1.82) is 0 Å². The summed E-state index contributed by atoms with van der Waals surface area (Å²) in [6.07, 6.45) is 0.688. The Balaban J connectivity index is 2.14. The molecule has 1 aliphatic carbocycles. The maximum Gasteiger partial charge on any atom is 0.319 e. The predicted molar refractivity (Wildman–Crippen MR) is 62.0 cm³/mol. The van der Waals surface area contributed by atoms with Gasteiger partial charge in [0.2, 0.25) is 5.91 Å². The molecule has 0 aliphatic heterocycles. The molecule has 0 radical (unpaired) electrons. The highest BCUT2D eigenvalue weighted by molar-refractivity contribution is 9.10. The molecule has 4 nitrogen and oxygen atoms in total. The average Bonchev–Trinajstić information content (AvgIpc) is 3.04. The molecule has 0 spiro atoms. The van der Waals surface area contributed by atoms with Gasteiger partial charge in [0.25, 0.3) is 0 Å². The molecular formula is C11H9BrFNO3. The number of carboxylic acids is 1. The van der Waals surface area contributed by atoms with Crippen LogP contribution in [0.1, 0.15) is 12.8 Å². The van der Waals surface area contributed by atoms with Crippen molar-refractivity contribution in [3.63, 3.8) is 0 Å². The third-order valence-electron chi connectivity index (χ3n) is 2.77. The lowest BCUT2D eigenvalue weighted by molar-refractivity contribution is -0.147. The van der Waals surface area contributed by atoms with Gasteiger partial charge in [-0.2, -0.15) is 0 Å². The summed E-state index contributed by atoms with van der Waals surface area (Å²) in [6.45, 7) is 0. The molecule has 0 heterocycles. The first kappa shape index (κ1) is 12.0. The van der Waals surface area contributed by atoms with Gasteiger partial charge < -0.3 is 10.4 Å². The number of hydrogen-bond acceptors (Lipinski definition) is 2. The van der Waals surface area contributed by atoms with Gasteiger partial charge in [0.1, 0.15) is 11.2 Å². The smallest absolute Gasteiger partial charge is 0.319 e. The van der Waals surface area contributed by atoms with E-state index in [1.54, 1.807) is 0 Å². The zero-order valence-corrected chi connectivity index (χ0v) is 10.3. The van der Waals surface area contributed by atoms with Crippen molar-refractivity contribution in [1.82, 2.24) is 0 Å². The monoisotopic (exact) mass is 301 g/mol. The Hall–Kier alpha value is -1.43. The molecule has 0 unspecified atom stereocenters. The fraction of sp³-hybridized carbons (Fsp3) is 0.273. The molecule has 0 atom stereocenters. The predicted octanol–water partition coefficient (Wildman–Crippen LogP) is 2.39. The number of benzene rings is 1. The fourth-order valence-corrected chi connectivity index (χ4v) is 1.87. The molecule has 1 amide bonds. The molecule has 0 aromatic heterocycles. The topological polar surface area (TPSA) is 66.4 Å². The minimum atomic E-state index is -1.29. The van der Waals surface area contributed by atoms with Crippen molar-refractivity contribution in [2.75, 3.05) is 5.32 Å². The molecule has 0 bridgehead atoms. The summed E-state index contributed by atoms with van der Waals surface area (Å²) < 4.78 is 13.2. The molecule has 1 aromatic rings. The lowest BCUT2D eigenvalue weighted by Crippen LogP contribution is -2.31. The zero-order chi connectivity index (χ0) is 12.6. The zero-order valence-electron chi connectivity index (χ0n) is 8.67. The average molecular weight is 302 g/mol. The Labute approximate surface area is 105 Å². The number of nitrogens with one attached hydrogen (secondary N) is 1. The van der Waals surface area contributed by atoms with Crippen molar-refractivity contribution in [2.45, 2.75) is 12.8 Å². The lowest BCUT2D eigenvalue weighted by Gasteiger charge is -2.11. The second kappa shape index (κ2) is 4.10. The molecular weight excluding hydrogens is 293 g/mol. The van der Waals surface area contributed by atoms with Crippen molar-refractivity contribution < 1.29 is 19.1 Å². The van der Waals surface area contributed by atoms with E-state index in [4.69, 9.17) is 5.11 Å². The minimum absolute atomic E-state index is 0.218. The van der Waals surface area contributed by atoms with Crippen molar-refractivity contribution in [3.8, 4) is 0 Å². The van der Waals surface area contributed by atoms with Gasteiger partial charge in [-0.15, -0.1) is 0 Å². The number of carboxylic acid groups (broad SMARTS) is 1. The number of rotatable bonds is 3. The SMILES string of the molecule is O=C(O)C1(C(=O)Nc2ccc(F)c(Br)c2)CC1. The van der Waals surface area contributed by atoms with Gasteiger partial charge in [0, 0.05) is 5.69 Å². The minimum Gasteiger partial charge on any atom is -0.480 e. The van der Waals surface area contributed by atoms with E-state index in [2.05, 4.69) is 21.2 Å². The van der Waals surface area contributed by atoms with E-state index in [1.807, 2.05) is 0 Å². The van der Waals surface area contributed by atoms with Gasteiger partial charge >= 0.3 is 5.97 Å². The van der Waals surface area contributed by atoms with E-state index in [0.29, 0.717) is 18.5 Å². The van der Waals surface area contributed by atoms with Gasteiger partial charge in [0.05, 0.1) is 4.47 Å². The summed E-state index contributed by atoms with van der Waals surface area (Å²) in [5.41, 5.74) is -0.920. The lowest BCUT2D eigenvalue weighted by atomic mass is 10.1. The molecule has 1 fully saturated rings. The summed E-state index contributed by atoms with van der Waals surface area (Å²) in [6, 6.07) is 3.97. The fourth-order valence-electron chi connectivity index (χ4n) is 1.49. The normalized spacial score (nSPS) is 16.4. The van der Waals surface area contributed by atoms with Crippen LogP contribution < -0.4 is 5.32 Å². The molecule has 1 saturated carbocycles. The highest BCUT2D eigenvalue weighted by atomic mass is 79.9. The largest absolute Gasteiger partial charge is 0.480 e. The van der Waals surface area contributed by atoms with E-state index in [9.17, 15) is 14.0 Å². The van der Waals surface area contributed by atoms with Crippen molar-refractivity contribution in [3.05, 3.63) is 28.5 Å². The first-order chi connectivity index (χ1) is 7.95. The van der Waals surface area contributed by atoms with Crippen LogP contribution in [0.3, 0.4) is 0 Å². The van der Waals surface area contributed by atoms with E-state index in [0.717, 1.165) is 0 Å². The Bertz CT molecular complexity index is 499. The van der Waals surface area contributed by atoms with E-state index in [-0.39, 0.29) is 4.47 Å². The molecule has 90 valence electrons. The summed E-state index contributed by atoms with van der Waals surface area (Å²) >= 11 is 2.99. The number of anilines is 1. The number of aliphatic carboxylic acids is 1. The van der Waals surface area contributed by atoms with Crippen LogP contribution in [0.4, 0.5) is 10.1 Å². The summed E-state index contributed by atoms with van der Waals surface area (Å²) in [7, 11) is 0. The van der Waals surface area contributed by atoms with Gasteiger partial charge in [-0.25, -0.2) is 4.39 Å². The molecule has 17 heavy (non-hydrogen) atoms. The maximum atomic E-state index is 13.0. The second-order valence-corrected chi connectivity index (χ2v) is 4.82.